The largest absolute Gasteiger partial charge is 0.496 e. The Morgan fingerprint density at radius 1 is 1.20 bits per heavy atom. The summed E-state index contributed by atoms with van der Waals surface area (Å²) < 4.78 is 10.1. The average Bonchev–Trinajstić information content (AvgIpc) is 2.57. The summed E-state index contributed by atoms with van der Waals surface area (Å²) in [4.78, 5) is 24.1. The van der Waals surface area contributed by atoms with E-state index in [9.17, 15) is 9.59 Å². The third-order valence-electron chi connectivity index (χ3n) is 3.34. The summed E-state index contributed by atoms with van der Waals surface area (Å²) in [7, 11) is 1.38. The van der Waals surface area contributed by atoms with Crippen molar-refractivity contribution in [1.82, 2.24) is 0 Å². The summed E-state index contributed by atoms with van der Waals surface area (Å²) in [5, 5.41) is 3.39. The van der Waals surface area contributed by atoms with Gasteiger partial charge in [0.05, 0.1) is 17.8 Å². The number of aryl methyl sites for hydroxylation is 1. The average molecular weight is 383 g/mol. The van der Waals surface area contributed by atoms with E-state index in [1.54, 1.807) is 25.1 Å². The Hall–Kier alpha value is -2.44. The molecule has 6 nitrogen and oxygen atoms in total. The van der Waals surface area contributed by atoms with Gasteiger partial charge in [0.1, 0.15) is 11.3 Å². The number of esters is 1. The van der Waals surface area contributed by atoms with E-state index in [0.29, 0.717) is 10.7 Å². The summed E-state index contributed by atoms with van der Waals surface area (Å²) >= 11 is 11.8. The minimum atomic E-state index is -0.748. The predicted octanol–water partition coefficient (Wildman–Crippen LogP) is 3.69. The number of benzene rings is 2. The fourth-order valence-electron chi connectivity index (χ4n) is 2.06. The van der Waals surface area contributed by atoms with Crippen molar-refractivity contribution in [2.75, 3.05) is 24.8 Å². The van der Waals surface area contributed by atoms with Crippen molar-refractivity contribution in [2.24, 2.45) is 0 Å². The maximum Gasteiger partial charge on any atom is 0.342 e. The number of hydrogen-bond acceptors (Lipinski definition) is 5. The fourth-order valence-corrected chi connectivity index (χ4v) is 2.45. The van der Waals surface area contributed by atoms with E-state index in [1.807, 2.05) is 0 Å². The van der Waals surface area contributed by atoms with Crippen LogP contribution in [0.4, 0.5) is 11.4 Å². The molecule has 0 heterocycles. The van der Waals surface area contributed by atoms with E-state index >= 15 is 0 Å². The van der Waals surface area contributed by atoms with Gasteiger partial charge in [-0.05, 0) is 36.8 Å². The highest BCUT2D eigenvalue weighted by Crippen LogP contribution is 2.29. The van der Waals surface area contributed by atoms with Crippen LogP contribution in [0.25, 0.3) is 0 Å². The van der Waals surface area contributed by atoms with Gasteiger partial charge in [0.25, 0.3) is 5.91 Å². The number of amides is 1. The summed E-state index contributed by atoms with van der Waals surface area (Å²) in [5.74, 6) is -1.03. The molecule has 0 fully saturated rings. The van der Waals surface area contributed by atoms with Crippen LogP contribution >= 0.6 is 23.2 Å². The Morgan fingerprint density at radius 3 is 2.56 bits per heavy atom. The van der Waals surface area contributed by atoms with E-state index in [4.69, 9.17) is 38.4 Å². The molecule has 3 N–H and O–H groups in total. The van der Waals surface area contributed by atoms with Crippen LogP contribution in [0.5, 0.6) is 5.75 Å². The third-order valence-corrected chi connectivity index (χ3v) is 3.90. The van der Waals surface area contributed by atoms with Crippen molar-refractivity contribution in [3.8, 4) is 5.75 Å². The number of nitrogens with two attached hydrogens (primary N) is 1. The predicted molar refractivity (Wildman–Crippen MR) is 97.5 cm³/mol. The third kappa shape index (κ3) is 4.78. The van der Waals surface area contributed by atoms with Crippen LogP contribution in [-0.4, -0.2) is 25.6 Å². The molecule has 0 aliphatic rings. The standard InChI is InChI=1S/C17H16Cl2N2O4/c1-9-5-10(18)3-4-14(9)21-16(22)8-25-17(23)11-6-12(19)13(20)7-15(11)24-2/h3-7H,8,20H2,1-2H3,(H,21,22). The van der Waals surface area contributed by atoms with Crippen LogP contribution in [0.3, 0.4) is 0 Å². The molecule has 0 saturated carbocycles. The maximum absolute atomic E-state index is 12.2. The van der Waals surface area contributed by atoms with E-state index in [-0.39, 0.29) is 22.0 Å². The van der Waals surface area contributed by atoms with Crippen LogP contribution < -0.4 is 15.8 Å². The number of ether oxygens (including phenoxy) is 2. The highest BCUT2D eigenvalue weighted by Gasteiger charge is 2.18. The Balaban J connectivity index is 2.02. The van der Waals surface area contributed by atoms with Crippen LogP contribution in [0.1, 0.15) is 15.9 Å². The van der Waals surface area contributed by atoms with Crippen LogP contribution in [0.2, 0.25) is 10.0 Å². The molecule has 1 amide bonds. The zero-order valence-electron chi connectivity index (χ0n) is 13.6. The number of carbonyl (C=O) groups is 2. The van der Waals surface area contributed by atoms with Gasteiger partial charge < -0.3 is 20.5 Å². The molecule has 0 unspecified atom stereocenters. The Kier molecular flexibility index (Phi) is 6.12. The van der Waals surface area contributed by atoms with E-state index in [2.05, 4.69) is 5.32 Å². The lowest BCUT2D eigenvalue weighted by atomic mass is 10.2. The molecule has 132 valence electrons. The Morgan fingerprint density at radius 2 is 1.92 bits per heavy atom. The maximum atomic E-state index is 12.2. The SMILES string of the molecule is COc1cc(N)c(Cl)cc1C(=O)OCC(=O)Nc1ccc(Cl)cc1C. The zero-order chi connectivity index (χ0) is 18.6. The summed E-state index contributed by atoms with van der Waals surface area (Å²) in [6.07, 6.45) is 0. The van der Waals surface area contributed by atoms with Crippen molar-refractivity contribution in [3.63, 3.8) is 0 Å². The first-order valence-corrected chi connectivity index (χ1v) is 7.93. The molecule has 2 rings (SSSR count). The molecule has 0 bridgehead atoms. The van der Waals surface area contributed by atoms with Gasteiger partial charge in [-0.25, -0.2) is 4.79 Å². The zero-order valence-corrected chi connectivity index (χ0v) is 15.1. The lowest BCUT2D eigenvalue weighted by Crippen LogP contribution is -2.21. The molecule has 25 heavy (non-hydrogen) atoms. The molecular formula is C17H16Cl2N2O4. The van der Waals surface area contributed by atoms with Crippen molar-refractivity contribution in [1.29, 1.82) is 0 Å². The second-order valence-corrected chi connectivity index (χ2v) is 6.00. The number of methoxy groups -OCH3 is 1. The number of nitrogen functional groups attached to an aromatic ring is 1. The van der Waals surface area contributed by atoms with E-state index < -0.39 is 18.5 Å². The molecule has 0 aliphatic heterocycles. The highest BCUT2D eigenvalue weighted by molar-refractivity contribution is 6.33. The van der Waals surface area contributed by atoms with E-state index in [1.165, 1.54) is 19.2 Å². The minimum absolute atomic E-state index is 0.0807. The summed E-state index contributed by atoms with van der Waals surface area (Å²) in [5.41, 5.74) is 7.38. The number of rotatable bonds is 5. The van der Waals surface area contributed by atoms with Gasteiger partial charge in [0, 0.05) is 16.8 Å². The van der Waals surface area contributed by atoms with Crippen molar-refractivity contribution in [2.45, 2.75) is 6.92 Å². The molecule has 0 radical (unpaired) electrons. The molecule has 8 heteroatoms. The quantitative estimate of drug-likeness (QED) is 0.607. The topological polar surface area (TPSA) is 90.7 Å². The molecule has 0 aliphatic carbocycles. The first-order valence-electron chi connectivity index (χ1n) is 7.18. The fraction of sp³-hybridized carbons (Fsp3) is 0.176. The molecular weight excluding hydrogens is 367 g/mol. The van der Waals surface area contributed by atoms with Gasteiger partial charge in [-0.3, -0.25) is 4.79 Å². The molecule has 2 aromatic carbocycles. The molecule has 0 spiro atoms. The molecule has 0 atom stereocenters. The van der Waals surface area contributed by atoms with Gasteiger partial charge >= 0.3 is 5.97 Å². The number of anilines is 2. The van der Waals surface area contributed by atoms with Crippen molar-refractivity contribution in [3.05, 3.63) is 51.5 Å². The minimum Gasteiger partial charge on any atom is -0.496 e. The van der Waals surface area contributed by atoms with E-state index in [0.717, 1.165) is 5.56 Å². The van der Waals surface area contributed by atoms with Crippen LogP contribution in [0.15, 0.2) is 30.3 Å². The molecule has 0 aromatic heterocycles. The van der Waals surface area contributed by atoms with Gasteiger partial charge in [0.2, 0.25) is 0 Å². The second-order valence-electron chi connectivity index (χ2n) is 5.16. The monoisotopic (exact) mass is 382 g/mol. The number of nitrogens with one attached hydrogen (secondary N) is 1. The highest BCUT2D eigenvalue weighted by atomic mass is 35.5. The normalized spacial score (nSPS) is 10.2. The lowest BCUT2D eigenvalue weighted by molar-refractivity contribution is -0.119. The number of halogens is 2. The Bertz CT molecular complexity index is 825. The van der Waals surface area contributed by atoms with Crippen molar-refractivity contribution < 1.29 is 19.1 Å². The number of carbonyl (C=O) groups excluding carboxylic acids is 2. The first kappa shape index (κ1) is 18.9. The second kappa shape index (κ2) is 8.09. The van der Waals surface area contributed by atoms with Crippen LogP contribution in [0, 0.1) is 6.92 Å². The van der Waals surface area contributed by atoms with Gasteiger partial charge in [-0.2, -0.15) is 0 Å². The number of hydrogen-bond donors (Lipinski definition) is 2. The molecule has 2 aromatic rings. The summed E-state index contributed by atoms with van der Waals surface area (Å²) in [6, 6.07) is 7.78. The molecule has 0 saturated heterocycles. The van der Waals surface area contributed by atoms with Gasteiger partial charge in [0.15, 0.2) is 6.61 Å². The van der Waals surface area contributed by atoms with Gasteiger partial charge in [-0.15, -0.1) is 0 Å². The van der Waals surface area contributed by atoms with Crippen LogP contribution in [-0.2, 0) is 9.53 Å². The van der Waals surface area contributed by atoms with Crippen molar-refractivity contribution >= 4 is 46.5 Å². The first-order chi connectivity index (χ1) is 11.8. The van der Waals surface area contributed by atoms with Gasteiger partial charge in [-0.1, -0.05) is 23.2 Å². The smallest absolute Gasteiger partial charge is 0.342 e. The summed E-state index contributed by atoms with van der Waals surface area (Å²) in [6.45, 7) is 1.33. The Labute approximate surface area is 154 Å². The lowest BCUT2D eigenvalue weighted by Gasteiger charge is -2.11.